The molecule has 2 aromatic rings. The van der Waals surface area contributed by atoms with Gasteiger partial charge in [0.15, 0.2) is 0 Å². The van der Waals surface area contributed by atoms with Crippen molar-refractivity contribution >= 4 is 38.4 Å². The molecule has 7 nitrogen and oxygen atoms in total. The Morgan fingerprint density at radius 2 is 1.71 bits per heavy atom. The van der Waals surface area contributed by atoms with Crippen molar-refractivity contribution in [1.82, 2.24) is 3.97 Å². The van der Waals surface area contributed by atoms with E-state index < -0.39 is 72.6 Å². The number of nitro benzene ring substituents is 1. The Hall–Kier alpha value is -2.00. The fraction of sp³-hybridized carbons (Fsp3) is 0.500. The standard InChI is InChI=1S/C16H16F6N2O5S2/c1-3-31(28,29)23-11-6-10(16(20,21)22)12(24(26)27)4-9(11)5-13(23)14(2,25)7-30-8-15(17,18)19/h4-6,25H,3,7-8H2,1-2H3. The van der Waals surface area contributed by atoms with E-state index in [0.717, 1.165) is 13.0 Å². The second-order valence-electron chi connectivity index (χ2n) is 6.76. The zero-order valence-electron chi connectivity index (χ0n) is 15.9. The molecule has 0 aliphatic rings. The third kappa shape index (κ3) is 5.44. The number of benzene rings is 1. The first-order valence-corrected chi connectivity index (χ1v) is 11.2. The molecule has 0 amide bonds. The summed E-state index contributed by atoms with van der Waals surface area (Å²) < 4.78 is 103. The number of alkyl halides is 6. The first-order valence-electron chi connectivity index (χ1n) is 8.42. The first-order chi connectivity index (χ1) is 13.9. The van der Waals surface area contributed by atoms with Gasteiger partial charge in [-0.15, -0.1) is 11.8 Å². The van der Waals surface area contributed by atoms with Gasteiger partial charge in [-0.25, -0.2) is 12.4 Å². The van der Waals surface area contributed by atoms with Crippen molar-refractivity contribution in [1.29, 1.82) is 0 Å². The van der Waals surface area contributed by atoms with Gasteiger partial charge in [0.05, 0.1) is 27.6 Å². The summed E-state index contributed by atoms with van der Waals surface area (Å²) in [6, 6.07) is 1.72. The van der Waals surface area contributed by atoms with Crippen LogP contribution in [0.3, 0.4) is 0 Å². The zero-order valence-corrected chi connectivity index (χ0v) is 17.5. The van der Waals surface area contributed by atoms with Crippen LogP contribution in [0, 0.1) is 10.1 Å². The molecule has 174 valence electrons. The molecule has 0 radical (unpaired) electrons. The lowest BCUT2D eigenvalue weighted by Gasteiger charge is -2.25. The molecule has 0 spiro atoms. The van der Waals surface area contributed by atoms with E-state index in [2.05, 4.69) is 0 Å². The summed E-state index contributed by atoms with van der Waals surface area (Å²) in [5, 5.41) is 21.5. The highest BCUT2D eigenvalue weighted by Crippen LogP contribution is 2.41. The largest absolute Gasteiger partial charge is 0.423 e. The summed E-state index contributed by atoms with van der Waals surface area (Å²) in [5.41, 5.74) is -6.34. The van der Waals surface area contributed by atoms with Gasteiger partial charge in [-0.2, -0.15) is 26.3 Å². The number of aliphatic hydroxyl groups is 1. The highest BCUT2D eigenvalue weighted by atomic mass is 32.2. The normalized spacial score (nSPS) is 15.3. The Kier molecular flexibility index (Phi) is 6.65. The fourth-order valence-corrected chi connectivity index (χ4v) is 4.98. The Bertz CT molecular complexity index is 1110. The fourth-order valence-electron chi connectivity index (χ4n) is 2.84. The van der Waals surface area contributed by atoms with Crippen molar-refractivity contribution in [3.8, 4) is 0 Å². The van der Waals surface area contributed by atoms with E-state index >= 15 is 0 Å². The Morgan fingerprint density at radius 1 is 1.13 bits per heavy atom. The third-order valence-electron chi connectivity index (χ3n) is 4.22. The topological polar surface area (TPSA) is 102 Å². The van der Waals surface area contributed by atoms with E-state index in [9.17, 15) is 50.0 Å². The number of nitrogens with zero attached hydrogens (tertiary/aromatic N) is 2. The van der Waals surface area contributed by atoms with Crippen LogP contribution >= 0.6 is 11.8 Å². The predicted molar refractivity (Wildman–Crippen MR) is 101 cm³/mol. The quantitative estimate of drug-likeness (QED) is 0.351. The van der Waals surface area contributed by atoms with Gasteiger partial charge in [-0.3, -0.25) is 10.1 Å². The minimum absolute atomic E-state index is 0.243. The molecule has 1 atom stereocenters. The van der Waals surface area contributed by atoms with Crippen LogP contribution in [0.1, 0.15) is 25.1 Å². The van der Waals surface area contributed by atoms with Gasteiger partial charge in [-0.1, -0.05) is 0 Å². The third-order valence-corrected chi connectivity index (χ3v) is 7.20. The number of nitro groups is 1. The first kappa shape index (κ1) is 25.3. The van der Waals surface area contributed by atoms with Crippen LogP contribution in [0.5, 0.6) is 0 Å². The number of hydrogen-bond acceptors (Lipinski definition) is 6. The van der Waals surface area contributed by atoms with E-state index in [1.165, 1.54) is 6.92 Å². The molecule has 1 N–H and O–H groups in total. The molecule has 15 heteroatoms. The molecule has 1 aromatic heterocycles. The van der Waals surface area contributed by atoms with Crippen molar-refractivity contribution in [2.24, 2.45) is 0 Å². The molecule has 0 saturated heterocycles. The summed E-state index contributed by atoms with van der Waals surface area (Å²) in [6.07, 6.45) is -9.75. The SMILES string of the molecule is CCS(=O)(=O)n1c(C(C)(O)CSCC(F)(F)F)cc2cc([N+](=O)[O-])c(C(F)(F)F)cc21. The smallest absolute Gasteiger partial charge is 0.383 e. The minimum Gasteiger partial charge on any atom is -0.383 e. The summed E-state index contributed by atoms with van der Waals surface area (Å²) in [5.74, 6) is -2.61. The van der Waals surface area contributed by atoms with Crippen LogP contribution in [-0.2, 0) is 21.8 Å². The summed E-state index contributed by atoms with van der Waals surface area (Å²) in [6.45, 7) is 2.18. The van der Waals surface area contributed by atoms with Crippen LogP contribution < -0.4 is 0 Å². The molecule has 0 aliphatic heterocycles. The predicted octanol–water partition coefficient (Wildman–Crippen LogP) is 4.27. The lowest BCUT2D eigenvalue weighted by atomic mass is 10.1. The highest BCUT2D eigenvalue weighted by molar-refractivity contribution is 7.99. The van der Waals surface area contributed by atoms with Gasteiger partial charge in [0.1, 0.15) is 11.2 Å². The van der Waals surface area contributed by atoms with Crippen molar-refractivity contribution in [2.75, 3.05) is 17.3 Å². The van der Waals surface area contributed by atoms with Gasteiger partial charge in [0, 0.05) is 17.2 Å². The number of hydrogen-bond donors (Lipinski definition) is 1. The molecule has 0 bridgehead atoms. The molecule has 0 aliphatic carbocycles. The van der Waals surface area contributed by atoms with Gasteiger partial charge in [0.2, 0.25) is 10.0 Å². The maximum absolute atomic E-state index is 13.3. The van der Waals surface area contributed by atoms with E-state index in [0.29, 0.717) is 10.0 Å². The molecular weight excluding hydrogens is 478 g/mol. The summed E-state index contributed by atoms with van der Waals surface area (Å²) in [7, 11) is -4.36. The maximum atomic E-state index is 13.3. The van der Waals surface area contributed by atoms with Gasteiger partial charge in [0.25, 0.3) is 5.69 Å². The molecule has 2 rings (SSSR count). The molecule has 1 heterocycles. The van der Waals surface area contributed by atoms with Crippen LogP contribution in [-0.4, -0.2) is 45.9 Å². The lowest BCUT2D eigenvalue weighted by Crippen LogP contribution is -2.31. The van der Waals surface area contributed by atoms with Crippen LogP contribution in [0.25, 0.3) is 10.9 Å². The van der Waals surface area contributed by atoms with Crippen molar-refractivity contribution in [3.63, 3.8) is 0 Å². The zero-order chi connectivity index (χ0) is 24.0. The number of aromatic nitrogens is 1. The lowest BCUT2D eigenvalue weighted by molar-refractivity contribution is -0.387. The van der Waals surface area contributed by atoms with E-state index in [1.54, 1.807) is 0 Å². The summed E-state index contributed by atoms with van der Waals surface area (Å²) >= 11 is 0.243. The van der Waals surface area contributed by atoms with Crippen molar-refractivity contribution in [3.05, 3.63) is 39.6 Å². The maximum Gasteiger partial charge on any atom is 0.423 e. The molecule has 0 fully saturated rings. The average Bonchev–Trinajstić information content (AvgIpc) is 2.98. The van der Waals surface area contributed by atoms with E-state index in [1.807, 2.05) is 0 Å². The second-order valence-corrected chi connectivity index (χ2v) is 9.85. The highest BCUT2D eigenvalue weighted by Gasteiger charge is 2.41. The van der Waals surface area contributed by atoms with Gasteiger partial charge >= 0.3 is 12.4 Å². The number of fused-ring (bicyclic) bond motifs is 1. The number of thioether (sulfide) groups is 1. The molecule has 0 saturated carbocycles. The van der Waals surface area contributed by atoms with Gasteiger partial charge < -0.3 is 5.11 Å². The van der Waals surface area contributed by atoms with E-state index in [-0.39, 0.29) is 23.2 Å². The van der Waals surface area contributed by atoms with Crippen LogP contribution in [0.4, 0.5) is 32.0 Å². The molecule has 31 heavy (non-hydrogen) atoms. The van der Waals surface area contributed by atoms with Crippen molar-refractivity contribution < 1.29 is 44.8 Å². The monoisotopic (exact) mass is 494 g/mol. The average molecular weight is 494 g/mol. The Balaban J connectivity index is 2.80. The van der Waals surface area contributed by atoms with Crippen molar-refractivity contribution in [2.45, 2.75) is 31.8 Å². The Morgan fingerprint density at radius 3 is 2.16 bits per heavy atom. The summed E-state index contributed by atoms with van der Waals surface area (Å²) in [4.78, 5) is 9.82. The number of rotatable bonds is 7. The number of halogens is 6. The van der Waals surface area contributed by atoms with Gasteiger partial charge in [-0.05, 0) is 26.0 Å². The molecule has 1 unspecified atom stereocenters. The minimum atomic E-state index is -5.19. The molecular formula is C16H16F6N2O5S2. The van der Waals surface area contributed by atoms with Crippen LogP contribution in [0.2, 0.25) is 0 Å². The Labute approximate surface area is 176 Å². The van der Waals surface area contributed by atoms with E-state index in [4.69, 9.17) is 0 Å². The second kappa shape index (κ2) is 8.16. The molecule has 1 aromatic carbocycles. The van der Waals surface area contributed by atoms with Crippen LogP contribution in [0.15, 0.2) is 18.2 Å².